The van der Waals surface area contributed by atoms with Gasteiger partial charge >= 0.3 is 0 Å². The summed E-state index contributed by atoms with van der Waals surface area (Å²) in [5, 5.41) is 3.11. The molecule has 0 spiro atoms. The number of nitrogens with one attached hydrogen (secondary N) is 1. The highest BCUT2D eigenvalue weighted by atomic mass is 79.9. The van der Waals surface area contributed by atoms with Crippen LogP contribution >= 0.6 is 15.9 Å². The van der Waals surface area contributed by atoms with Crippen molar-refractivity contribution in [3.05, 3.63) is 34.1 Å². The van der Waals surface area contributed by atoms with E-state index in [-0.39, 0.29) is 17.5 Å². The molecule has 0 atom stereocenters. The Morgan fingerprint density at radius 1 is 1.59 bits per heavy atom. The first-order valence-corrected chi connectivity index (χ1v) is 6.39. The van der Waals surface area contributed by atoms with Crippen LogP contribution in [0, 0.1) is 5.82 Å². The fraction of sp³-hybridized carbons (Fsp3) is 0.417. The van der Waals surface area contributed by atoms with E-state index in [9.17, 15) is 9.18 Å². The van der Waals surface area contributed by atoms with Crippen molar-refractivity contribution >= 4 is 21.8 Å². The highest BCUT2D eigenvalue weighted by Gasteiger charge is 2.29. The lowest BCUT2D eigenvalue weighted by Crippen LogP contribution is -2.58. The highest BCUT2D eigenvalue weighted by Crippen LogP contribution is 2.18. The maximum atomic E-state index is 13.7. The van der Waals surface area contributed by atoms with Crippen LogP contribution in [-0.4, -0.2) is 36.5 Å². The van der Waals surface area contributed by atoms with Gasteiger partial charge in [-0.2, -0.15) is 0 Å². The summed E-state index contributed by atoms with van der Waals surface area (Å²) in [6.45, 7) is 4.09. The third-order valence-electron chi connectivity index (χ3n) is 2.96. The third kappa shape index (κ3) is 2.50. The molecule has 1 aliphatic heterocycles. The molecule has 5 heteroatoms. The largest absolute Gasteiger partial charge is 0.333 e. The number of carbonyl (C=O) groups excluding carboxylic acids is 1. The highest BCUT2D eigenvalue weighted by molar-refractivity contribution is 9.10. The molecule has 1 heterocycles. The minimum Gasteiger partial charge on any atom is -0.333 e. The van der Waals surface area contributed by atoms with E-state index in [2.05, 4.69) is 21.2 Å². The third-order valence-corrected chi connectivity index (χ3v) is 3.46. The van der Waals surface area contributed by atoms with Crippen molar-refractivity contribution in [1.82, 2.24) is 10.2 Å². The summed E-state index contributed by atoms with van der Waals surface area (Å²) in [5.74, 6) is -0.709. The fourth-order valence-corrected chi connectivity index (χ4v) is 2.21. The number of halogens is 2. The van der Waals surface area contributed by atoms with Crippen LogP contribution in [0.1, 0.15) is 17.3 Å². The molecule has 0 radical (unpaired) electrons. The molecule has 3 nitrogen and oxygen atoms in total. The summed E-state index contributed by atoms with van der Waals surface area (Å²) in [4.78, 5) is 13.9. The van der Waals surface area contributed by atoms with Crippen molar-refractivity contribution < 1.29 is 9.18 Å². The Labute approximate surface area is 108 Å². The fourth-order valence-electron chi connectivity index (χ4n) is 1.88. The van der Waals surface area contributed by atoms with Crippen molar-refractivity contribution in [3.63, 3.8) is 0 Å². The molecular formula is C12H14BrFN2O. The quantitative estimate of drug-likeness (QED) is 0.926. The number of nitrogens with zero attached hydrogens (tertiary/aromatic N) is 1. The van der Waals surface area contributed by atoms with E-state index in [1.54, 1.807) is 11.0 Å². The van der Waals surface area contributed by atoms with E-state index in [1.807, 2.05) is 6.92 Å². The number of likely N-dealkylation sites (N-methyl/N-ethyl adjacent to an activating group) is 1. The van der Waals surface area contributed by atoms with E-state index in [1.165, 1.54) is 12.1 Å². The minimum atomic E-state index is -0.477. The molecule has 1 aromatic rings. The molecule has 1 N–H and O–H groups in total. The lowest BCUT2D eigenvalue weighted by Gasteiger charge is -2.37. The Kier molecular flexibility index (Phi) is 3.79. The Balaban J connectivity index is 2.22. The first-order valence-electron chi connectivity index (χ1n) is 5.60. The number of amides is 1. The first kappa shape index (κ1) is 12.5. The summed E-state index contributed by atoms with van der Waals surface area (Å²) in [6, 6.07) is 4.72. The zero-order valence-corrected chi connectivity index (χ0v) is 11.1. The van der Waals surface area contributed by atoms with Gasteiger partial charge in [0.2, 0.25) is 0 Å². The van der Waals surface area contributed by atoms with Crippen LogP contribution in [-0.2, 0) is 0 Å². The van der Waals surface area contributed by atoms with Crippen molar-refractivity contribution in [1.29, 1.82) is 0 Å². The monoisotopic (exact) mass is 300 g/mol. The van der Waals surface area contributed by atoms with Gasteiger partial charge in [-0.05, 0) is 25.1 Å². The van der Waals surface area contributed by atoms with Gasteiger partial charge in [-0.15, -0.1) is 0 Å². The molecule has 1 fully saturated rings. The Morgan fingerprint density at radius 2 is 2.29 bits per heavy atom. The molecule has 0 bridgehead atoms. The number of hydrogen-bond acceptors (Lipinski definition) is 2. The van der Waals surface area contributed by atoms with Crippen molar-refractivity contribution in [2.45, 2.75) is 13.0 Å². The second-order valence-corrected chi connectivity index (χ2v) is 4.94. The molecule has 1 amide bonds. The summed E-state index contributed by atoms with van der Waals surface area (Å²) in [6.07, 6.45) is 0. The predicted octanol–water partition coefficient (Wildman–Crippen LogP) is 2.02. The van der Waals surface area contributed by atoms with E-state index in [0.717, 1.165) is 13.1 Å². The van der Waals surface area contributed by atoms with Gasteiger partial charge in [0.1, 0.15) is 5.82 Å². The molecule has 1 aliphatic rings. The summed E-state index contributed by atoms with van der Waals surface area (Å²) < 4.78 is 14.3. The zero-order valence-electron chi connectivity index (χ0n) is 9.54. The van der Waals surface area contributed by atoms with Gasteiger partial charge in [0, 0.05) is 24.1 Å². The molecule has 1 saturated heterocycles. The Hall–Kier alpha value is -0.940. The van der Waals surface area contributed by atoms with Gasteiger partial charge < -0.3 is 10.2 Å². The molecule has 1 aromatic carbocycles. The Bertz CT molecular complexity index is 435. The average Bonchev–Trinajstić information content (AvgIpc) is 2.22. The molecule has 0 aromatic heterocycles. The van der Waals surface area contributed by atoms with Gasteiger partial charge in [-0.25, -0.2) is 4.39 Å². The van der Waals surface area contributed by atoms with E-state index < -0.39 is 5.82 Å². The van der Waals surface area contributed by atoms with Gasteiger partial charge in [0.05, 0.1) is 11.6 Å². The second kappa shape index (κ2) is 5.14. The number of hydrogen-bond donors (Lipinski definition) is 1. The summed E-state index contributed by atoms with van der Waals surface area (Å²) in [7, 11) is 0. The molecular weight excluding hydrogens is 287 g/mol. The molecule has 2 rings (SSSR count). The lowest BCUT2D eigenvalue weighted by atomic mass is 10.1. The second-order valence-electron chi connectivity index (χ2n) is 4.03. The van der Waals surface area contributed by atoms with Gasteiger partial charge in [-0.3, -0.25) is 4.79 Å². The van der Waals surface area contributed by atoms with Gasteiger partial charge in [-0.1, -0.05) is 15.9 Å². The number of carbonyl (C=O) groups is 1. The lowest BCUT2D eigenvalue weighted by molar-refractivity contribution is 0.0625. The maximum Gasteiger partial charge on any atom is 0.257 e. The standard InChI is InChI=1S/C12H14BrFN2O/c1-2-16(9-6-15-7-9)12(17)10-4-3-8(13)5-11(10)14/h3-5,9,15H,2,6-7H2,1H3. The molecule has 0 aliphatic carbocycles. The predicted molar refractivity (Wildman–Crippen MR) is 67.5 cm³/mol. The van der Waals surface area contributed by atoms with Gasteiger partial charge in [0.15, 0.2) is 0 Å². The van der Waals surface area contributed by atoms with Crippen LogP contribution in [0.15, 0.2) is 22.7 Å². The minimum absolute atomic E-state index is 0.141. The van der Waals surface area contributed by atoms with E-state index in [4.69, 9.17) is 0 Å². The van der Waals surface area contributed by atoms with Crippen molar-refractivity contribution in [2.75, 3.05) is 19.6 Å². The molecule has 0 saturated carbocycles. The average molecular weight is 301 g/mol. The maximum absolute atomic E-state index is 13.7. The first-order chi connectivity index (χ1) is 8.13. The summed E-state index contributed by atoms with van der Waals surface area (Å²) >= 11 is 3.18. The van der Waals surface area contributed by atoms with Crippen LogP contribution < -0.4 is 5.32 Å². The van der Waals surface area contributed by atoms with E-state index >= 15 is 0 Å². The van der Waals surface area contributed by atoms with Gasteiger partial charge in [0.25, 0.3) is 5.91 Å². The number of rotatable bonds is 3. The smallest absolute Gasteiger partial charge is 0.257 e. The molecule has 0 unspecified atom stereocenters. The molecule has 17 heavy (non-hydrogen) atoms. The van der Waals surface area contributed by atoms with Crippen LogP contribution in [0.3, 0.4) is 0 Å². The summed E-state index contributed by atoms with van der Waals surface area (Å²) in [5.41, 5.74) is 0.141. The Morgan fingerprint density at radius 3 is 2.76 bits per heavy atom. The normalized spacial score (nSPS) is 15.5. The topological polar surface area (TPSA) is 32.3 Å². The zero-order chi connectivity index (χ0) is 12.4. The van der Waals surface area contributed by atoms with Crippen LogP contribution in [0.5, 0.6) is 0 Å². The number of benzene rings is 1. The van der Waals surface area contributed by atoms with Crippen molar-refractivity contribution in [3.8, 4) is 0 Å². The SMILES string of the molecule is CCN(C(=O)c1ccc(Br)cc1F)C1CNC1. The van der Waals surface area contributed by atoms with Crippen LogP contribution in [0.25, 0.3) is 0 Å². The van der Waals surface area contributed by atoms with Crippen LogP contribution in [0.4, 0.5) is 4.39 Å². The van der Waals surface area contributed by atoms with E-state index in [0.29, 0.717) is 11.0 Å². The van der Waals surface area contributed by atoms with Crippen molar-refractivity contribution in [2.24, 2.45) is 0 Å². The molecule has 92 valence electrons. The van der Waals surface area contributed by atoms with Crippen LogP contribution in [0.2, 0.25) is 0 Å².